The van der Waals surface area contributed by atoms with E-state index in [2.05, 4.69) is 10.6 Å². The zero-order chi connectivity index (χ0) is 21.8. The number of anilines is 1. The molecule has 1 fully saturated rings. The lowest BCUT2D eigenvalue weighted by molar-refractivity contribution is -0.115. The third kappa shape index (κ3) is 5.17. The predicted molar refractivity (Wildman–Crippen MR) is 118 cm³/mol. The molecule has 0 heterocycles. The Morgan fingerprint density at radius 3 is 2.19 bits per heavy atom. The van der Waals surface area contributed by atoms with Crippen molar-refractivity contribution >= 4 is 29.2 Å². The number of halogens is 1. The molecular formula is C25H21FN2O3. The molecule has 5 nitrogen and oxygen atoms in total. The summed E-state index contributed by atoms with van der Waals surface area (Å²) in [5.41, 5.74) is 2.50. The van der Waals surface area contributed by atoms with E-state index in [0.29, 0.717) is 22.4 Å². The monoisotopic (exact) mass is 416 g/mol. The minimum absolute atomic E-state index is 0.0129. The second-order valence-corrected chi connectivity index (χ2v) is 7.41. The number of carbonyl (C=O) groups is 2. The molecule has 3 aromatic rings. The molecule has 3 N–H and O–H groups in total. The first-order valence-corrected chi connectivity index (χ1v) is 9.97. The fourth-order valence-corrected chi connectivity index (χ4v) is 3.07. The van der Waals surface area contributed by atoms with Crippen LogP contribution >= 0.6 is 0 Å². The molecule has 0 bridgehead atoms. The zero-order valence-corrected chi connectivity index (χ0v) is 16.6. The van der Waals surface area contributed by atoms with Gasteiger partial charge in [0.05, 0.1) is 5.69 Å². The Hall–Kier alpha value is -3.93. The van der Waals surface area contributed by atoms with Crippen LogP contribution in [0.3, 0.4) is 0 Å². The largest absolute Gasteiger partial charge is 0.506 e. The summed E-state index contributed by atoms with van der Waals surface area (Å²) >= 11 is 0. The van der Waals surface area contributed by atoms with Crippen LogP contribution in [-0.4, -0.2) is 23.0 Å². The average molecular weight is 416 g/mol. The van der Waals surface area contributed by atoms with E-state index in [-0.39, 0.29) is 29.4 Å². The first kappa shape index (κ1) is 20.3. The van der Waals surface area contributed by atoms with Gasteiger partial charge < -0.3 is 15.7 Å². The highest BCUT2D eigenvalue weighted by Crippen LogP contribution is 2.25. The second kappa shape index (κ2) is 8.83. The Labute approximate surface area is 179 Å². The molecule has 0 unspecified atom stereocenters. The van der Waals surface area contributed by atoms with Gasteiger partial charge in [-0.2, -0.15) is 0 Å². The van der Waals surface area contributed by atoms with Gasteiger partial charge in [-0.05, 0) is 66.4 Å². The minimum Gasteiger partial charge on any atom is -0.506 e. The number of benzene rings is 3. The quantitative estimate of drug-likeness (QED) is 0.312. The van der Waals surface area contributed by atoms with Crippen LogP contribution in [0.5, 0.6) is 5.75 Å². The Morgan fingerprint density at radius 2 is 1.55 bits per heavy atom. The molecule has 4 rings (SSSR count). The van der Waals surface area contributed by atoms with Gasteiger partial charge in [-0.15, -0.1) is 0 Å². The third-order valence-corrected chi connectivity index (χ3v) is 4.95. The van der Waals surface area contributed by atoms with Crippen molar-refractivity contribution in [3.63, 3.8) is 0 Å². The van der Waals surface area contributed by atoms with E-state index in [1.807, 2.05) is 0 Å². The van der Waals surface area contributed by atoms with Gasteiger partial charge in [0, 0.05) is 17.2 Å². The molecule has 31 heavy (non-hydrogen) atoms. The normalized spacial score (nSPS) is 13.5. The van der Waals surface area contributed by atoms with Gasteiger partial charge >= 0.3 is 0 Å². The zero-order valence-electron chi connectivity index (χ0n) is 16.6. The fraction of sp³-hybridized carbons (Fsp3) is 0.120. The Kier molecular flexibility index (Phi) is 5.80. The van der Waals surface area contributed by atoms with Crippen LogP contribution in [0, 0.1) is 5.82 Å². The van der Waals surface area contributed by atoms with Gasteiger partial charge in [-0.1, -0.05) is 36.4 Å². The van der Waals surface area contributed by atoms with Crippen molar-refractivity contribution in [2.45, 2.75) is 18.9 Å². The second-order valence-electron chi connectivity index (χ2n) is 7.41. The summed E-state index contributed by atoms with van der Waals surface area (Å²) in [6.07, 6.45) is 3.64. The van der Waals surface area contributed by atoms with E-state index >= 15 is 0 Å². The number of para-hydroxylation sites is 2. The summed E-state index contributed by atoms with van der Waals surface area (Å²) in [6, 6.07) is 19.2. The van der Waals surface area contributed by atoms with Crippen molar-refractivity contribution in [1.82, 2.24) is 5.32 Å². The molecule has 0 saturated heterocycles. The third-order valence-electron chi connectivity index (χ3n) is 4.95. The van der Waals surface area contributed by atoms with Crippen molar-refractivity contribution in [1.29, 1.82) is 0 Å². The maximum absolute atomic E-state index is 13.3. The molecule has 156 valence electrons. The number of carbonyl (C=O) groups excluding carboxylic acids is 2. The molecule has 6 heteroatoms. The van der Waals surface area contributed by atoms with Gasteiger partial charge in [0.15, 0.2) is 0 Å². The molecule has 2 amide bonds. The molecule has 1 saturated carbocycles. The maximum atomic E-state index is 13.3. The number of aromatic hydroxyl groups is 1. The molecule has 1 aliphatic carbocycles. The van der Waals surface area contributed by atoms with Crippen LogP contribution in [0.25, 0.3) is 11.6 Å². The van der Waals surface area contributed by atoms with Gasteiger partial charge in [0.2, 0.25) is 0 Å². The highest BCUT2D eigenvalue weighted by Gasteiger charge is 2.25. The van der Waals surface area contributed by atoms with Crippen LogP contribution in [0.1, 0.15) is 34.3 Å². The van der Waals surface area contributed by atoms with Crippen LogP contribution in [0.15, 0.2) is 72.8 Å². The standard InChI is InChI=1S/C25H21FN2O3/c26-19-11-9-17(10-12-19)21(25(31)27-20-13-14-20)15-16-5-7-18(8-6-16)24(30)28-22-3-1-2-4-23(22)29/h1-12,15,20,29H,13-14H2,(H,27,31)(H,28,30)/b21-15-. The lowest BCUT2D eigenvalue weighted by Crippen LogP contribution is -2.26. The number of phenolic OH excluding ortho intramolecular Hbond substituents is 1. The van der Waals surface area contributed by atoms with E-state index in [4.69, 9.17) is 0 Å². The van der Waals surface area contributed by atoms with E-state index in [9.17, 15) is 19.1 Å². The summed E-state index contributed by atoms with van der Waals surface area (Å²) in [4.78, 5) is 25.2. The first-order valence-electron chi connectivity index (χ1n) is 9.97. The molecule has 3 aromatic carbocycles. The maximum Gasteiger partial charge on any atom is 0.255 e. The Morgan fingerprint density at radius 1 is 0.903 bits per heavy atom. The van der Waals surface area contributed by atoms with Crippen molar-refractivity contribution in [3.05, 3.63) is 95.3 Å². The highest BCUT2D eigenvalue weighted by atomic mass is 19.1. The van der Waals surface area contributed by atoms with Gasteiger partial charge in [-0.3, -0.25) is 9.59 Å². The molecule has 0 radical (unpaired) electrons. The van der Waals surface area contributed by atoms with Gasteiger partial charge in [0.1, 0.15) is 11.6 Å². The molecular weight excluding hydrogens is 395 g/mol. The Balaban J connectivity index is 1.56. The SMILES string of the molecule is O=C(NC1CC1)/C(=C\c1ccc(C(=O)Nc2ccccc2O)cc1)c1ccc(F)cc1. The molecule has 0 aliphatic heterocycles. The smallest absolute Gasteiger partial charge is 0.255 e. The topological polar surface area (TPSA) is 78.4 Å². The van der Waals surface area contributed by atoms with E-state index in [1.54, 1.807) is 60.7 Å². The first-order chi connectivity index (χ1) is 15.0. The minimum atomic E-state index is -0.370. The van der Waals surface area contributed by atoms with Crippen LogP contribution in [0.4, 0.5) is 10.1 Å². The molecule has 1 aliphatic rings. The summed E-state index contributed by atoms with van der Waals surface area (Å²) in [6.45, 7) is 0. The van der Waals surface area contributed by atoms with Crippen molar-refractivity contribution in [3.8, 4) is 5.75 Å². The van der Waals surface area contributed by atoms with Gasteiger partial charge in [0.25, 0.3) is 11.8 Å². The number of amides is 2. The van der Waals surface area contributed by atoms with E-state index in [0.717, 1.165) is 18.4 Å². The van der Waals surface area contributed by atoms with E-state index < -0.39 is 0 Å². The molecule has 0 atom stereocenters. The average Bonchev–Trinajstić information content (AvgIpc) is 3.59. The van der Waals surface area contributed by atoms with Crippen molar-refractivity contribution in [2.75, 3.05) is 5.32 Å². The van der Waals surface area contributed by atoms with Crippen LogP contribution in [-0.2, 0) is 4.79 Å². The lowest BCUT2D eigenvalue weighted by atomic mass is 10.0. The molecule has 0 spiro atoms. The lowest BCUT2D eigenvalue weighted by Gasteiger charge is -2.10. The van der Waals surface area contributed by atoms with E-state index in [1.165, 1.54) is 18.2 Å². The number of hydrogen-bond acceptors (Lipinski definition) is 3. The predicted octanol–water partition coefficient (Wildman–Crippen LogP) is 4.60. The van der Waals surface area contributed by atoms with Crippen LogP contribution < -0.4 is 10.6 Å². The number of phenols is 1. The number of nitrogens with one attached hydrogen (secondary N) is 2. The van der Waals surface area contributed by atoms with Crippen LogP contribution in [0.2, 0.25) is 0 Å². The van der Waals surface area contributed by atoms with Crippen molar-refractivity contribution in [2.24, 2.45) is 0 Å². The van der Waals surface area contributed by atoms with Gasteiger partial charge in [-0.25, -0.2) is 4.39 Å². The summed E-state index contributed by atoms with van der Waals surface area (Å²) < 4.78 is 13.3. The molecule has 0 aromatic heterocycles. The fourth-order valence-electron chi connectivity index (χ4n) is 3.07. The summed E-state index contributed by atoms with van der Waals surface area (Å²) in [5.74, 6) is -0.954. The highest BCUT2D eigenvalue weighted by molar-refractivity contribution is 6.24. The van der Waals surface area contributed by atoms with Crippen molar-refractivity contribution < 1.29 is 19.1 Å². The number of hydrogen-bond donors (Lipinski definition) is 3. The number of rotatable bonds is 6. The summed E-state index contributed by atoms with van der Waals surface area (Å²) in [5, 5.41) is 15.4. The Bertz CT molecular complexity index is 1130. The summed E-state index contributed by atoms with van der Waals surface area (Å²) in [7, 11) is 0.